The van der Waals surface area contributed by atoms with Crippen LogP contribution in [-0.2, 0) is 0 Å². The van der Waals surface area contributed by atoms with Crippen molar-refractivity contribution >= 4 is 0 Å². The van der Waals surface area contributed by atoms with Crippen LogP contribution in [0.1, 0.15) is 13.3 Å². The van der Waals surface area contributed by atoms with Gasteiger partial charge in [0.1, 0.15) is 6.26 Å². The molecular weight excluding hydrogens is 188 g/mol. The SMILES string of the molecule is CCCOc1co[c]c1-c1ccccc1. The molecule has 2 heteroatoms. The maximum Gasteiger partial charge on any atom is 0.181 e. The molecule has 1 heterocycles. The van der Waals surface area contributed by atoms with E-state index < -0.39 is 0 Å². The van der Waals surface area contributed by atoms with E-state index in [4.69, 9.17) is 9.15 Å². The molecule has 0 N–H and O–H groups in total. The van der Waals surface area contributed by atoms with E-state index in [0.29, 0.717) is 6.61 Å². The van der Waals surface area contributed by atoms with Crippen LogP contribution in [0.25, 0.3) is 11.1 Å². The first kappa shape index (κ1) is 9.84. The fourth-order valence-corrected chi connectivity index (χ4v) is 1.38. The van der Waals surface area contributed by atoms with Gasteiger partial charge in [-0.05, 0) is 12.0 Å². The molecule has 0 unspecified atom stereocenters. The van der Waals surface area contributed by atoms with Gasteiger partial charge in [-0.15, -0.1) is 0 Å². The van der Waals surface area contributed by atoms with E-state index in [1.54, 1.807) is 6.26 Å². The van der Waals surface area contributed by atoms with E-state index >= 15 is 0 Å². The van der Waals surface area contributed by atoms with Gasteiger partial charge in [0.05, 0.1) is 12.2 Å². The third-order valence-corrected chi connectivity index (χ3v) is 2.10. The topological polar surface area (TPSA) is 22.4 Å². The van der Waals surface area contributed by atoms with E-state index in [1.165, 1.54) is 0 Å². The zero-order chi connectivity index (χ0) is 10.5. The van der Waals surface area contributed by atoms with Gasteiger partial charge in [0.25, 0.3) is 0 Å². The lowest BCUT2D eigenvalue weighted by atomic mass is 10.1. The normalized spacial score (nSPS) is 10.2. The van der Waals surface area contributed by atoms with Crippen LogP contribution >= 0.6 is 0 Å². The van der Waals surface area contributed by atoms with Crippen molar-refractivity contribution in [3.63, 3.8) is 0 Å². The van der Waals surface area contributed by atoms with Gasteiger partial charge in [0.2, 0.25) is 0 Å². The van der Waals surface area contributed by atoms with E-state index in [2.05, 4.69) is 13.2 Å². The maximum absolute atomic E-state index is 5.56. The van der Waals surface area contributed by atoms with Crippen LogP contribution in [0.5, 0.6) is 5.75 Å². The molecule has 2 aromatic rings. The van der Waals surface area contributed by atoms with Crippen LogP contribution in [0.15, 0.2) is 41.0 Å². The Morgan fingerprint density at radius 1 is 1.27 bits per heavy atom. The summed E-state index contributed by atoms with van der Waals surface area (Å²) in [5, 5.41) is 0. The maximum atomic E-state index is 5.56. The summed E-state index contributed by atoms with van der Waals surface area (Å²) in [6, 6.07) is 9.98. The second-order valence-corrected chi connectivity index (χ2v) is 3.29. The highest BCUT2D eigenvalue weighted by Gasteiger charge is 2.08. The molecule has 0 saturated heterocycles. The summed E-state index contributed by atoms with van der Waals surface area (Å²) in [6.45, 7) is 2.78. The number of ether oxygens (including phenoxy) is 1. The molecular formula is C13H13O2. The molecule has 0 saturated carbocycles. The summed E-state index contributed by atoms with van der Waals surface area (Å²) < 4.78 is 10.6. The zero-order valence-electron chi connectivity index (χ0n) is 8.69. The van der Waals surface area contributed by atoms with Crippen molar-refractivity contribution < 1.29 is 9.15 Å². The number of benzene rings is 1. The summed E-state index contributed by atoms with van der Waals surface area (Å²) >= 11 is 0. The minimum atomic E-state index is 0.702. The molecule has 0 atom stereocenters. The summed E-state index contributed by atoms with van der Waals surface area (Å²) in [4.78, 5) is 0. The first-order valence-electron chi connectivity index (χ1n) is 5.09. The molecule has 0 fully saturated rings. The van der Waals surface area contributed by atoms with E-state index in [-0.39, 0.29) is 0 Å². The highest BCUT2D eigenvalue weighted by molar-refractivity contribution is 5.68. The highest BCUT2D eigenvalue weighted by atomic mass is 16.5. The summed E-state index contributed by atoms with van der Waals surface area (Å²) in [6.07, 6.45) is 5.41. The van der Waals surface area contributed by atoms with Gasteiger partial charge < -0.3 is 9.15 Å². The molecule has 1 aromatic heterocycles. The van der Waals surface area contributed by atoms with Crippen LogP contribution < -0.4 is 4.74 Å². The van der Waals surface area contributed by atoms with Gasteiger partial charge in [-0.2, -0.15) is 0 Å². The standard InChI is InChI=1S/C13H13O2/c1-2-8-15-13-10-14-9-12(13)11-6-4-3-5-7-11/h3-7,10H,2,8H2,1H3. The van der Waals surface area contributed by atoms with Gasteiger partial charge >= 0.3 is 0 Å². The van der Waals surface area contributed by atoms with Crippen LogP contribution in [0, 0.1) is 6.26 Å². The van der Waals surface area contributed by atoms with Crippen molar-refractivity contribution in [2.45, 2.75) is 13.3 Å². The van der Waals surface area contributed by atoms with Crippen LogP contribution in [0.3, 0.4) is 0 Å². The second kappa shape index (κ2) is 4.69. The van der Waals surface area contributed by atoms with Crippen LogP contribution in [-0.4, -0.2) is 6.61 Å². The van der Waals surface area contributed by atoms with Crippen molar-refractivity contribution in [2.75, 3.05) is 6.61 Å². The van der Waals surface area contributed by atoms with Gasteiger partial charge in [-0.3, -0.25) is 0 Å². The Morgan fingerprint density at radius 3 is 2.80 bits per heavy atom. The van der Waals surface area contributed by atoms with Crippen LogP contribution in [0.2, 0.25) is 0 Å². The monoisotopic (exact) mass is 201 g/mol. The first-order valence-corrected chi connectivity index (χ1v) is 5.09. The number of rotatable bonds is 4. The lowest BCUT2D eigenvalue weighted by Gasteiger charge is -2.03. The average molecular weight is 201 g/mol. The summed E-state index contributed by atoms with van der Waals surface area (Å²) in [5.74, 6) is 0.767. The van der Waals surface area contributed by atoms with Crippen molar-refractivity contribution in [2.24, 2.45) is 0 Å². The van der Waals surface area contributed by atoms with E-state index in [1.807, 2.05) is 30.3 Å². The number of hydrogen-bond acceptors (Lipinski definition) is 2. The third kappa shape index (κ3) is 2.21. The Balaban J connectivity index is 2.25. The van der Waals surface area contributed by atoms with Gasteiger partial charge in [-0.1, -0.05) is 37.3 Å². The molecule has 0 spiro atoms. The smallest absolute Gasteiger partial charge is 0.181 e. The number of furan rings is 1. The fraction of sp³-hybridized carbons (Fsp3) is 0.231. The molecule has 0 aliphatic carbocycles. The number of hydrogen-bond donors (Lipinski definition) is 0. The lowest BCUT2D eigenvalue weighted by Crippen LogP contribution is -1.94. The third-order valence-electron chi connectivity index (χ3n) is 2.10. The molecule has 77 valence electrons. The Kier molecular flexibility index (Phi) is 3.08. The van der Waals surface area contributed by atoms with Gasteiger partial charge in [0.15, 0.2) is 12.0 Å². The van der Waals surface area contributed by atoms with Crippen molar-refractivity contribution in [3.05, 3.63) is 42.9 Å². The largest absolute Gasteiger partial charge is 0.490 e. The molecule has 2 nitrogen and oxygen atoms in total. The zero-order valence-corrected chi connectivity index (χ0v) is 8.69. The minimum absolute atomic E-state index is 0.702. The molecule has 1 aromatic carbocycles. The lowest BCUT2D eigenvalue weighted by molar-refractivity contribution is 0.314. The van der Waals surface area contributed by atoms with E-state index in [0.717, 1.165) is 23.3 Å². The Morgan fingerprint density at radius 2 is 2.07 bits per heavy atom. The average Bonchev–Trinajstić information content (AvgIpc) is 2.75. The Labute approximate surface area is 89.5 Å². The van der Waals surface area contributed by atoms with Gasteiger partial charge in [0, 0.05) is 0 Å². The Hall–Kier alpha value is -1.70. The second-order valence-electron chi connectivity index (χ2n) is 3.29. The first-order chi connectivity index (χ1) is 7.42. The Bertz CT molecular complexity index is 403. The molecule has 15 heavy (non-hydrogen) atoms. The molecule has 0 bridgehead atoms. The predicted octanol–water partition coefficient (Wildman–Crippen LogP) is 3.54. The molecule has 0 aliphatic rings. The van der Waals surface area contributed by atoms with Gasteiger partial charge in [-0.25, -0.2) is 0 Å². The summed E-state index contributed by atoms with van der Waals surface area (Å²) in [5.41, 5.74) is 1.96. The van der Waals surface area contributed by atoms with Crippen LogP contribution in [0.4, 0.5) is 0 Å². The van der Waals surface area contributed by atoms with Crippen molar-refractivity contribution in [1.29, 1.82) is 0 Å². The highest BCUT2D eigenvalue weighted by Crippen LogP contribution is 2.30. The quantitative estimate of drug-likeness (QED) is 0.755. The van der Waals surface area contributed by atoms with Crippen molar-refractivity contribution in [3.8, 4) is 16.9 Å². The molecule has 0 aliphatic heterocycles. The summed E-state index contributed by atoms with van der Waals surface area (Å²) in [7, 11) is 0. The van der Waals surface area contributed by atoms with E-state index in [9.17, 15) is 0 Å². The molecule has 0 amide bonds. The fourth-order valence-electron chi connectivity index (χ4n) is 1.38. The minimum Gasteiger partial charge on any atom is -0.490 e. The van der Waals surface area contributed by atoms with Crippen molar-refractivity contribution in [1.82, 2.24) is 0 Å². The molecule has 1 radical (unpaired) electrons. The molecule has 2 rings (SSSR count). The predicted molar refractivity (Wildman–Crippen MR) is 58.8 cm³/mol.